The SMILES string of the molecule is Cc1c(C(=O)O)nnn1CC(=O)NCCc1cccs1. The van der Waals surface area contributed by atoms with E-state index >= 15 is 0 Å². The summed E-state index contributed by atoms with van der Waals surface area (Å²) >= 11 is 1.64. The minimum absolute atomic E-state index is 0.0312. The van der Waals surface area contributed by atoms with E-state index in [0.717, 1.165) is 6.42 Å². The third-order valence-electron chi connectivity index (χ3n) is 2.75. The van der Waals surface area contributed by atoms with Crippen molar-refractivity contribution < 1.29 is 14.7 Å². The molecule has 0 atom stereocenters. The van der Waals surface area contributed by atoms with Crippen LogP contribution < -0.4 is 5.32 Å². The minimum Gasteiger partial charge on any atom is -0.476 e. The van der Waals surface area contributed by atoms with Crippen molar-refractivity contribution in [1.29, 1.82) is 0 Å². The van der Waals surface area contributed by atoms with Gasteiger partial charge in [-0.3, -0.25) is 4.79 Å². The number of nitrogens with one attached hydrogen (secondary N) is 1. The second-order valence-corrected chi connectivity index (χ2v) is 5.20. The fourth-order valence-electron chi connectivity index (χ4n) is 1.68. The van der Waals surface area contributed by atoms with Gasteiger partial charge in [0.2, 0.25) is 5.91 Å². The van der Waals surface area contributed by atoms with Crippen molar-refractivity contribution in [1.82, 2.24) is 20.3 Å². The number of carbonyl (C=O) groups is 2. The monoisotopic (exact) mass is 294 g/mol. The first-order valence-corrected chi connectivity index (χ1v) is 6.88. The topological polar surface area (TPSA) is 97.1 Å². The summed E-state index contributed by atoms with van der Waals surface area (Å²) in [6, 6.07) is 3.98. The summed E-state index contributed by atoms with van der Waals surface area (Å²) in [5.41, 5.74) is 0.238. The van der Waals surface area contributed by atoms with Gasteiger partial charge in [0, 0.05) is 11.4 Å². The Morgan fingerprint density at radius 2 is 2.30 bits per heavy atom. The molecule has 2 aromatic heterocycles. The Morgan fingerprint density at radius 1 is 1.50 bits per heavy atom. The lowest BCUT2D eigenvalue weighted by molar-refractivity contribution is -0.121. The maximum absolute atomic E-state index is 11.7. The minimum atomic E-state index is -1.15. The van der Waals surface area contributed by atoms with Crippen LogP contribution in [0.15, 0.2) is 17.5 Å². The van der Waals surface area contributed by atoms with Crippen LogP contribution in [0.2, 0.25) is 0 Å². The standard InChI is InChI=1S/C12H14N4O3S/c1-8-11(12(18)19)14-15-16(8)7-10(17)13-5-4-9-3-2-6-20-9/h2-3,6H,4-5,7H2,1H3,(H,13,17)(H,18,19). The number of carboxylic acids is 1. The Balaban J connectivity index is 1.84. The highest BCUT2D eigenvalue weighted by molar-refractivity contribution is 7.09. The van der Waals surface area contributed by atoms with Crippen LogP contribution in [-0.4, -0.2) is 38.5 Å². The number of rotatable bonds is 6. The number of carboxylic acid groups (broad SMARTS) is 1. The van der Waals surface area contributed by atoms with Gasteiger partial charge in [0.1, 0.15) is 6.54 Å². The zero-order chi connectivity index (χ0) is 14.5. The Kier molecular flexibility index (Phi) is 4.46. The molecule has 0 bridgehead atoms. The quantitative estimate of drug-likeness (QED) is 0.817. The molecule has 0 saturated heterocycles. The number of aromatic carboxylic acids is 1. The van der Waals surface area contributed by atoms with E-state index in [2.05, 4.69) is 15.6 Å². The van der Waals surface area contributed by atoms with E-state index in [-0.39, 0.29) is 18.1 Å². The number of aromatic nitrogens is 3. The molecule has 2 N–H and O–H groups in total. The van der Waals surface area contributed by atoms with Crippen LogP contribution in [0.25, 0.3) is 0 Å². The van der Waals surface area contributed by atoms with Gasteiger partial charge in [0.15, 0.2) is 5.69 Å². The number of carbonyl (C=O) groups excluding carboxylic acids is 1. The molecule has 7 nitrogen and oxygen atoms in total. The summed E-state index contributed by atoms with van der Waals surface area (Å²) in [5, 5.41) is 20.8. The van der Waals surface area contributed by atoms with Crippen LogP contribution in [0, 0.1) is 6.92 Å². The van der Waals surface area contributed by atoms with Crippen molar-refractivity contribution >= 4 is 23.2 Å². The van der Waals surface area contributed by atoms with Gasteiger partial charge in [-0.05, 0) is 24.8 Å². The summed E-state index contributed by atoms with van der Waals surface area (Å²) in [7, 11) is 0. The molecule has 0 fully saturated rings. The predicted octanol–water partition coefficient (Wildman–Crippen LogP) is 0.705. The van der Waals surface area contributed by atoms with Crippen LogP contribution in [0.1, 0.15) is 21.1 Å². The average molecular weight is 294 g/mol. The first kappa shape index (κ1) is 14.2. The largest absolute Gasteiger partial charge is 0.476 e. The molecule has 0 aliphatic carbocycles. The first-order chi connectivity index (χ1) is 9.58. The highest BCUT2D eigenvalue weighted by Gasteiger charge is 2.16. The van der Waals surface area contributed by atoms with Crippen molar-refractivity contribution in [2.75, 3.05) is 6.54 Å². The molecule has 0 radical (unpaired) electrons. The highest BCUT2D eigenvalue weighted by Crippen LogP contribution is 2.08. The van der Waals surface area contributed by atoms with Crippen molar-refractivity contribution in [3.8, 4) is 0 Å². The molecule has 0 aliphatic heterocycles. The normalized spacial score (nSPS) is 10.4. The molecule has 0 unspecified atom stereocenters. The molecule has 0 spiro atoms. The highest BCUT2D eigenvalue weighted by atomic mass is 32.1. The second kappa shape index (κ2) is 6.29. The zero-order valence-corrected chi connectivity index (χ0v) is 11.7. The van der Waals surface area contributed by atoms with Crippen molar-refractivity contribution in [2.45, 2.75) is 19.9 Å². The number of amides is 1. The maximum Gasteiger partial charge on any atom is 0.358 e. The molecule has 106 valence electrons. The van der Waals surface area contributed by atoms with Gasteiger partial charge in [-0.25, -0.2) is 9.48 Å². The van der Waals surface area contributed by atoms with Crippen molar-refractivity contribution in [3.63, 3.8) is 0 Å². The number of hydrogen-bond donors (Lipinski definition) is 2. The molecular weight excluding hydrogens is 280 g/mol. The van der Waals surface area contributed by atoms with E-state index in [1.165, 1.54) is 9.56 Å². The Hall–Kier alpha value is -2.22. The van der Waals surface area contributed by atoms with Crippen molar-refractivity contribution in [3.05, 3.63) is 33.8 Å². The van der Waals surface area contributed by atoms with Gasteiger partial charge in [-0.15, -0.1) is 16.4 Å². The Bertz CT molecular complexity index is 606. The third kappa shape index (κ3) is 3.41. The second-order valence-electron chi connectivity index (χ2n) is 4.17. The van der Waals surface area contributed by atoms with E-state index in [9.17, 15) is 9.59 Å². The fourth-order valence-corrected chi connectivity index (χ4v) is 2.39. The van der Waals surface area contributed by atoms with Gasteiger partial charge in [0.05, 0.1) is 5.69 Å². The summed E-state index contributed by atoms with van der Waals surface area (Å²) in [6.45, 7) is 2.08. The van der Waals surface area contributed by atoms with Gasteiger partial charge in [-0.1, -0.05) is 11.3 Å². The van der Waals surface area contributed by atoms with Crippen molar-refractivity contribution in [2.24, 2.45) is 0 Å². The molecule has 0 aromatic carbocycles. The van der Waals surface area contributed by atoms with Gasteiger partial charge < -0.3 is 10.4 Å². The third-order valence-corrected chi connectivity index (χ3v) is 3.69. The van der Waals surface area contributed by atoms with Crippen LogP contribution in [-0.2, 0) is 17.8 Å². The Morgan fingerprint density at radius 3 is 2.90 bits per heavy atom. The fraction of sp³-hybridized carbons (Fsp3) is 0.333. The molecule has 0 aliphatic rings. The first-order valence-electron chi connectivity index (χ1n) is 6.00. The number of nitrogens with zero attached hydrogens (tertiary/aromatic N) is 3. The zero-order valence-electron chi connectivity index (χ0n) is 10.9. The molecule has 2 heterocycles. The average Bonchev–Trinajstić information content (AvgIpc) is 3.01. The van der Waals surface area contributed by atoms with E-state index in [1.54, 1.807) is 18.3 Å². The molecule has 8 heteroatoms. The number of hydrogen-bond acceptors (Lipinski definition) is 5. The van der Waals surface area contributed by atoms with Gasteiger partial charge in [0.25, 0.3) is 0 Å². The van der Waals surface area contributed by atoms with E-state index in [0.29, 0.717) is 12.2 Å². The molecule has 20 heavy (non-hydrogen) atoms. The molecule has 1 amide bonds. The lowest BCUT2D eigenvalue weighted by Crippen LogP contribution is -2.30. The lowest BCUT2D eigenvalue weighted by Gasteiger charge is -2.05. The van der Waals surface area contributed by atoms with E-state index < -0.39 is 5.97 Å². The molecule has 2 aromatic rings. The van der Waals surface area contributed by atoms with Crippen LogP contribution >= 0.6 is 11.3 Å². The van der Waals surface area contributed by atoms with Crippen LogP contribution in [0.5, 0.6) is 0 Å². The van der Waals surface area contributed by atoms with Gasteiger partial charge >= 0.3 is 5.97 Å². The van der Waals surface area contributed by atoms with E-state index in [4.69, 9.17) is 5.11 Å². The Labute approximate surface area is 119 Å². The van der Waals surface area contributed by atoms with Gasteiger partial charge in [-0.2, -0.15) is 0 Å². The van der Waals surface area contributed by atoms with Crippen LogP contribution in [0.4, 0.5) is 0 Å². The lowest BCUT2D eigenvalue weighted by atomic mass is 10.3. The molecular formula is C12H14N4O3S. The number of thiophene rings is 1. The van der Waals surface area contributed by atoms with Crippen LogP contribution in [0.3, 0.4) is 0 Å². The smallest absolute Gasteiger partial charge is 0.358 e. The van der Waals surface area contributed by atoms with E-state index in [1.807, 2.05) is 17.5 Å². The molecule has 0 saturated carbocycles. The summed E-state index contributed by atoms with van der Waals surface area (Å²) in [6.07, 6.45) is 0.778. The summed E-state index contributed by atoms with van der Waals surface area (Å²) < 4.78 is 1.28. The summed E-state index contributed by atoms with van der Waals surface area (Å²) in [4.78, 5) is 23.7. The molecule has 2 rings (SSSR count). The summed E-state index contributed by atoms with van der Waals surface area (Å²) in [5.74, 6) is -1.36. The maximum atomic E-state index is 11.7. The predicted molar refractivity (Wildman–Crippen MR) is 72.8 cm³/mol.